The SMILES string of the molecule is CCCCCCN.I.[Ni]. The zero-order valence-corrected chi connectivity index (χ0v) is 9.16. The molecule has 62 valence electrons. The van der Waals surface area contributed by atoms with Crippen molar-refractivity contribution in [2.75, 3.05) is 6.54 Å². The van der Waals surface area contributed by atoms with Gasteiger partial charge in [-0.05, 0) is 13.0 Å². The summed E-state index contributed by atoms with van der Waals surface area (Å²) in [5, 5.41) is 0. The predicted octanol–water partition coefficient (Wildman–Crippen LogP) is 2.14. The molecule has 0 saturated carbocycles. The first kappa shape index (κ1) is 16.6. The van der Waals surface area contributed by atoms with E-state index in [1.807, 2.05) is 0 Å². The first-order valence-electron chi connectivity index (χ1n) is 3.12. The van der Waals surface area contributed by atoms with Crippen molar-refractivity contribution in [1.29, 1.82) is 0 Å². The third-order valence-electron chi connectivity index (χ3n) is 1.06. The summed E-state index contributed by atoms with van der Waals surface area (Å²) in [4.78, 5) is 0. The molecule has 0 radical (unpaired) electrons. The summed E-state index contributed by atoms with van der Waals surface area (Å²) in [6.07, 6.45) is 5.16. The molecule has 9 heavy (non-hydrogen) atoms. The summed E-state index contributed by atoms with van der Waals surface area (Å²) in [5.74, 6) is 0. The molecule has 0 spiro atoms. The summed E-state index contributed by atoms with van der Waals surface area (Å²) in [7, 11) is 0. The summed E-state index contributed by atoms with van der Waals surface area (Å²) in [6, 6.07) is 0. The van der Waals surface area contributed by atoms with Crippen LogP contribution in [0.3, 0.4) is 0 Å². The summed E-state index contributed by atoms with van der Waals surface area (Å²) in [6.45, 7) is 3.07. The van der Waals surface area contributed by atoms with Crippen LogP contribution in [-0.2, 0) is 16.5 Å². The Kier molecular flexibility index (Phi) is 29.7. The van der Waals surface area contributed by atoms with Gasteiger partial charge in [-0.1, -0.05) is 26.2 Å². The van der Waals surface area contributed by atoms with Gasteiger partial charge < -0.3 is 5.73 Å². The molecule has 0 unspecified atom stereocenters. The first-order valence-corrected chi connectivity index (χ1v) is 3.12. The van der Waals surface area contributed by atoms with E-state index in [0.29, 0.717) is 0 Å². The average Bonchev–Trinajstić information content (AvgIpc) is 1.69. The molecule has 0 amide bonds. The molecule has 0 aromatic heterocycles. The van der Waals surface area contributed by atoms with Crippen molar-refractivity contribution in [2.45, 2.75) is 32.6 Å². The van der Waals surface area contributed by atoms with Crippen molar-refractivity contribution in [1.82, 2.24) is 0 Å². The van der Waals surface area contributed by atoms with Gasteiger partial charge in [0.25, 0.3) is 0 Å². The van der Waals surface area contributed by atoms with Gasteiger partial charge in [0.1, 0.15) is 0 Å². The predicted molar refractivity (Wildman–Crippen MR) is 48.6 cm³/mol. The van der Waals surface area contributed by atoms with Crippen LogP contribution in [0.1, 0.15) is 32.6 Å². The third kappa shape index (κ3) is 17.6. The largest absolute Gasteiger partial charge is 0.330 e. The second-order valence-electron chi connectivity index (χ2n) is 1.85. The maximum Gasteiger partial charge on any atom is 0 e. The van der Waals surface area contributed by atoms with Crippen LogP contribution in [0.2, 0.25) is 0 Å². The van der Waals surface area contributed by atoms with Gasteiger partial charge in [-0.15, -0.1) is 24.0 Å². The topological polar surface area (TPSA) is 26.0 Å². The number of unbranched alkanes of at least 4 members (excludes halogenated alkanes) is 3. The molecule has 0 bridgehead atoms. The number of nitrogens with two attached hydrogens (primary N) is 1. The Morgan fingerprint density at radius 2 is 1.67 bits per heavy atom. The normalized spacial score (nSPS) is 7.33. The van der Waals surface area contributed by atoms with Gasteiger partial charge in [0, 0.05) is 16.5 Å². The standard InChI is InChI=1S/C6H15N.HI.Ni/c1-2-3-4-5-6-7;;/h2-7H2,1H3;1H;. The minimum Gasteiger partial charge on any atom is -0.330 e. The molecule has 1 nitrogen and oxygen atoms in total. The Morgan fingerprint density at radius 3 is 2.00 bits per heavy atom. The van der Waals surface area contributed by atoms with Crippen LogP contribution in [0.5, 0.6) is 0 Å². The second-order valence-corrected chi connectivity index (χ2v) is 1.85. The molecule has 0 aliphatic rings. The average molecular weight is 288 g/mol. The van der Waals surface area contributed by atoms with E-state index in [0.717, 1.165) is 6.54 Å². The molecule has 0 aromatic carbocycles. The van der Waals surface area contributed by atoms with Gasteiger partial charge in [0.15, 0.2) is 0 Å². The minimum atomic E-state index is 0. The van der Waals surface area contributed by atoms with Gasteiger partial charge in [-0.3, -0.25) is 0 Å². The number of rotatable bonds is 4. The van der Waals surface area contributed by atoms with Gasteiger partial charge in [0.05, 0.1) is 0 Å². The Hall–Kier alpha value is 1.18. The van der Waals surface area contributed by atoms with Crippen LogP contribution in [0.4, 0.5) is 0 Å². The van der Waals surface area contributed by atoms with Crippen LogP contribution in [-0.4, -0.2) is 6.54 Å². The van der Waals surface area contributed by atoms with Gasteiger partial charge >= 0.3 is 0 Å². The van der Waals surface area contributed by atoms with Gasteiger partial charge in [-0.2, -0.15) is 0 Å². The minimum absolute atomic E-state index is 0. The van der Waals surface area contributed by atoms with Crippen molar-refractivity contribution >= 4 is 24.0 Å². The van der Waals surface area contributed by atoms with E-state index in [9.17, 15) is 0 Å². The molecule has 0 aliphatic carbocycles. The Labute approximate surface area is 85.1 Å². The molecule has 0 aliphatic heterocycles. The fourth-order valence-electron chi connectivity index (χ4n) is 0.571. The fourth-order valence-corrected chi connectivity index (χ4v) is 0.571. The quantitative estimate of drug-likeness (QED) is 0.479. The maximum absolute atomic E-state index is 5.27. The third-order valence-corrected chi connectivity index (χ3v) is 1.06. The molecule has 0 aromatic rings. The van der Waals surface area contributed by atoms with Crippen molar-refractivity contribution in [3.05, 3.63) is 0 Å². The van der Waals surface area contributed by atoms with E-state index in [1.165, 1.54) is 25.7 Å². The van der Waals surface area contributed by atoms with Crippen LogP contribution in [0.15, 0.2) is 0 Å². The molecule has 0 atom stereocenters. The molecule has 0 fully saturated rings. The molecule has 0 rings (SSSR count). The summed E-state index contributed by atoms with van der Waals surface area (Å²) >= 11 is 0. The van der Waals surface area contributed by atoms with E-state index in [4.69, 9.17) is 5.73 Å². The van der Waals surface area contributed by atoms with Gasteiger partial charge in [0.2, 0.25) is 0 Å². The van der Waals surface area contributed by atoms with Crippen molar-refractivity contribution in [3.63, 3.8) is 0 Å². The van der Waals surface area contributed by atoms with Crippen LogP contribution in [0, 0.1) is 0 Å². The number of halogens is 1. The zero-order chi connectivity index (χ0) is 5.54. The van der Waals surface area contributed by atoms with E-state index in [-0.39, 0.29) is 40.5 Å². The molecule has 0 heterocycles. The van der Waals surface area contributed by atoms with Crippen molar-refractivity contribution < 1.29 is 16.5 Å². The molecule has 3 heteroatoms. The van der Waals surface area contributed by atoms with E-state index >= 15 is 0 Å². The van der Waals surface area contributed by atoms with Crippen LogP contribution < -0.4 is 5.73 Å². The first-order chi connectivity index (χ1) is 3.41. The summed E-state index contributed by atoms with van der Waals surface area (Å²) < 4.78 is 0. The van der Waals surface area contributed by atoms with Gasteiger partial charge in [-0.25, -0.2) is 0 Å². The van der Waals surface area contributed by atoms with Crippen LogP contribution >= 0.6 is 24.0 Å². The molecular formula is C6H16INNi. The van der Waals surface area contributed by atoms with Crippen molar-refractivity contribution in [3.8, 4) is 0 Å². The monoisotopic (exact) mass is 287 g/mol. The maximum atomic E-state index is 5.27. The van der Waals surface area contributed by atoms with E-state index in [2.05, 4.69) is 6.92 Å². The fraction of sp³-hybridized carbons (Fsp3) is 1.00. The van der Waals surface area contributed by atoms with Crippen LogP contribution in [0.25, 0.3) is 0 Å². The molecular weight excluding hydrogens is 272 g/mol. The van der Waals surface area contributed by atoms with Crippen molar-refractivity contribution in [2.24, 2.45) is 5.73 Å². The Morgan fingerprint density at radius 1 is 1.11 bits per heavy atom. The Bertz CT molecular complexity index is 32.2. The van der Waals surface area contributed by atoms with E-state index in [1.54, 1.807) is 0 Å². The molecule has 2 N–H and O–H groups in total. The summed E-state index contributed by atoms with van der Waals surface area (Å²) in [5.41, 5.74) is 5.27. The number of hydrogen-bond donors (Lipinski definition) is 1. The zero-order valence-electron chi connectivity index (χ0n) is 5.84. The molecule has 0 saturated heterocycles. The Balaban J connectivity index is -0.000000180. The number of hydrogen-bond acceptors (Lipinski definition) is 1. The van der Waals surface area contributed by atoms with E-state index < -0.39 is 0 Å². The second kappa shape index (κ2) is 16.1. The smallest absolute Gasteiger partial charge is 0 e.